The lowest BCUT2D eigenvalue weighted by Crippen LogP contribution is -2.19. The van der Waals surface area contributed by atoms with E-state index in [4.69, 9.17) is 0 Å². The van der Waals surface area contributed by atoms with Crippen LogP contribution in [0.25, 0.3) is 0 Å². The number of rotatable bonds is 1. The Morgan fingerprint density at radius 1 is 1.20 bits per heavy atom. The molecule has 1 heterocycles. The Kier molecular flexibility index (Phi) is 2.00. The Morgan fingerprint density at radius 3 is 2.53 bits per heavy atom. The van der Waals surface area contributed by atoms with Gasteiger partial charge >= 0.3 is 0 Å². The molecule has 0 unspecified atom stereocenters. The summed E-state index contributed by atoms with van der Waals surface area (Å²) >= 11 is 0. The average molecular weight is 204 g/mol. The number of carbonyl (C=O) groups is 3. The second kappa shape index (κ2) is 3.20. The minimum atomic E-state index is -0.429. The van der Waals surface area contributed by atoms with E-state index in [-0.39, 0.29) is 5.91 Å². The van der Waals surface area contributed by atoms with E-state index in [2.05, 4.69) is 10.6 Å². The van der Waals surface area contributed by atoms with E-state index in [9.17, 15) is 14.4 Å². The first kappa shape index (κ1) is 9.39. The molecule has 1 aliphatic rings. The van der Waals surface area contributed by atoms with Gasteiger partial charge in [-0.25, -0.2) is 0 Å². The molecule has 0 spiro atoms. The van der Waals surface area contributed by atoms with Gasteiger partial charge in [0, 0.05) is 12.6 Å². The topological polar surface area (TPSA) is 75.3 Å². The first-order valence-electron chi connectivity index (χ1n) is 4.35. The second-order valence-corrected chi connectivity index (χ2v) is 3.22. The zero-order chi connectivity index (χ0) is 11.0. The summed E-state index contributed by atoms with van der Waals surface area (Å²) in [7, 11) is 0. The molecular weight excluding hydrogens is 196 g/mol. The molecule has 1 aromatic rings. The molecule has 0 atom stereocenters. The van der Waals surface area contributed by atoms with Crippen molar-refractivity contribution >= 4 is 23.4 Å². The number of anilines is 1. The molecule has 0 bridgehead atoms. The third-order valence-electron chi connectivity index (χ3n) is 2.06. The number of amides is 3. The molecule has 1 aliphatic heterocycles. The van der Waals surface area contributed by atoms with E-state index in [1.165, 1.54) is 19.1 Å². The molecule has 76 valence electrons. The Balaban J connectivity index is 2.42. The summed E-state index contributed by atoms with van der Waals surface area (Å²) in [6.45, 7) is 1.37. The first-order chi connectivity index (χ1) is 7.08. The smallest absolute Gasteiger partial charge is 0.259 e. The van der Waals surface area contributed by atoms with Crippen LogP contribution in [0.5, 0.6) is 0 Å². The minimum absolute atomic E-state index is 0.223. The van der Waals surface area contributed by atoms with E-state index in [0.717, 1.165) is 0 Å². The van der Waals surface area contributed by atoms with Gasteiger partial charge in [-0.2, -0.15) is 0 Å². The molecule has 0 fully saturated rings. The fraction of sp³-hybridized carbons (Fsp3) is 0.100. The predicted octanol–water partition coefficient (Wildman–Crippen LogP) is 0.529. The van der Waals surface area contributed by atoms with Crippen molar-refractivity contribution in [2.45, 2.75) is 6.92 Å². The van der Waals surface area contributed by atoms with Gasteiger partial charge in [0.25, 0.3) is 11.8 Å². The fourth-order valence-corrected chi connectivity index (χ4v) is 1.45. The first-order valence-corrected chi connectivity index (χ1v) is 4.35. The van der Waals surface area contributed by atoms with Gasteiger partial charge in [0.2, 0.25) is 5.91 Å². The molecule has 2 N–H and O–H groups in total. The van der Waals surface area contributed by atoms with Gasteiger partial charge in [-0.15, -0.1) is 0 Å². The summed E-state index contributed by atoms with van der Waals surface area (Å²) in [6, 6.07) is 4.58. The lowest BCUT2D eigenvalue weighted by atomic mass is 10.1. The maximum absolute atomic E-state index is 11.3. The van der Waals surface area contributed by atoms with Crippen LogP contribution in [0.4, 0.5) is 5.69 Å². The molecule has 15 heavy (non-hydrogen) atoms. The fourth-order valence-electron chi connectivity index (χ4n) is 1.45. The maximum atomic E-state index is 11.3. The molecule has 5 heteroatoms. The lowest BCUT2D eigenvalue weighted by Gasteiger charge is -2.02. The second-order valence-electron chi connectivity index (χ2n) is 3.22. The third kappa shape index (κ3) is 1.59. The Bertz CT molecular complexity index is 480. The molecule has 0 saturated carbocycles. The third-order valence-corrected chi connectivity index (χ3v) is 2.06. The van der Waals surface area contributed by atoms with E-state index in [0.29, 0.717) is 16.8 Å². The van der Waals surface area contributed by atoms with Gasteiger partial charge in [0.15, 0.2) is 0 Å². The monoisotopic (exact) mass is 204 g/mol. The Labute approximate surface area is 85.5 Å². The van der Waals surface area contributed by atoms with Crippen molar-refractivity contribution in [3.63, 3.8) is 0 Å². The van der Waals surface area contributed by atoms with E-state index in [1.54, 1.807) is 6.07 Å². The number of hydrogen-bond acceptors (Lipinski definition) is 3. The summed E-state index contributed by atoms with van der Waals surface area (Å²) in [5, 5.41) is 4.71. The van der Waals surface area contributed by atoms with E-state index >= 15 is 0 Å². The zero-order valence-corrected chi connectivity index (χ0v) is 7.96. The number of nitrogens with one attached hydrogen (secondary N) is 2. The van der Waals surface area contributed by atoms with Crippen LogP contribution in [-0.4, -0.2) is 17.7 Å². The maximum Gasteiger partial charge on any atom is 0.259 e. The highest BCUT2D eigenvalue weighted by molar-refractivity contribution is 6.21. The van der Waals surface area contributed by atoms with Gasteiger partial charge < -0.3 is 5.32 Å². The van der Waals surface area contributed by atoms with E-state index in [1.807, 2.05) is 0 Å². The number of fused-ring (bicyclic) bond motifs is 1. The summed E-state index contributed by atoms with van der Waals surface area (Å²) in [4.78, 5) is 33.2. The standard InChI is InChI=1S/C10H8N2O3/c1-5(13)11-6-2-3-7-8(4-6)10(15)12-9(7)14/h2-4H,1H3,(H,11,13)(H,12,14,15). The van der Waals surface area contributed by atoms with Crippen LogP contribution in [0.3, 0.4) is 0 Å². The number of imide groups is 1. The summed E-state index contributed by atoms with van der Waals surface area (Å²) in [6.07, 6.45) is 0. The quantitative estimate of drug-likeness (QED) is 0.655. The Morgan fingerprint density at radius 2 is 1.87 bits per heavy atom. The van der Waals surface area contributed by atoms with Crippen molar-refractivity contribution in [3.8, 4) is 0 Å². The summed E-state index contributed by atoms with van der Waals surface area (Å²) < 4.78 is 0. The lowest BCUT2D eigenvalue weighted by molar-refractivity contribution is -0.114. The van der Waals surface area contributed by atoms with Crippen molar-refractivity contribution in [1.82, 2.24) is 5.32 Å². The van der Waals surface area contributed by atoms with Crippen LogP contribution < -0.4 is 10.6 Å². The highest BCUT2D eigenvalue weighted by atomic mass is 16.2. The van der Waals surface area contributed by atoms with Crippen LogP contribution in [0.1, 0.15) is 27.6 Å². The van der Waals surface area contributed by atoms with Gasteiger partial charge in [-0.05, 0) is 18.2 Å². The van der Waals surface area contributed by atoms with Gasteiger partial charge in [-0.1, -0.05) is 0 Å². The largest absolute Gasteiger partial charge is 0.326 e. The molecule has 0 saturated heterocycles. The predicted molar refractivity (Wildman–Crippen MR) is 52.5 cm³/mol. The molecule has 2 rings (SSSR count). The van der Waals surface area contributed by atoms with Crippen LogP contribution in [0.2, 0.25) is 0 Å². The van der Waals surface area contributed by atoms with Gasteiger partial charge in [-0.3, -0.25) is 19.7 Å². The molecule has 0 radical (unpaired) electrons. The van der Waals surface area contributed by atoms with Crippen molar-refractivity contribution < 1.29 is 14.4 Å². The molecule has 0 aliphatic carbocycles. The number of benzene rings is 1. The van der Waals surface area contributed by atoms with Crippen molar-refractivity contribution in [1.29, 1.82) is 0 Å². The summed E-state index contributed by atoms with van der Waals surface area (Å²) in [5.74, 6) is -1.05. The van der Waals surface area contributed by atoms with Gasteiger partial charge in [0.05, 0.1) is 11.1 Å². The average Bonchev–Trinajstić information content (AvgIpc) is 2.41. The van der Waals surface area contributed by atoms with Crippen LogP contribution in [0.15, 0.2) is 18.2 Å². The van der Waals surface area contributed by atoms with Crippen molar-refractivity contribution in [2.24, 2.45) is 0 Å². The molecule has 1 aromatic carbocycles. The van der Waals surface area contributed by atoms with Gasteiger partial charge in [0.1, 0.15) is 0 Å². The minimum Gasteiger partial charge on any atom is -0.326 e. The van der Waals surface area contributed by atoms with Crippen LogP contribution in [0, 0.1) is 0 Å². The SMILES string of the molecule is CC(=O)Nc1ccc2c(c1)C(=O)NC2=O. The van der Waals surface area contributed by atoms with Crippen LogP contribution >= 0.6 is 0 Å². The molecule has 3 amide bonds. The zero-order valence-electron chi connectivity index (χ0n) is 7.96. The van der Waals surface area contributed by atoms with Crippen LogP contribution in [-0.2, 0) is 4.79 Å². The Hall–Kier alpha value is -2.17. The molecular formula is C10H8N2O3. The molecule has 0 aromatic heterocycles. The van der Waals surface area contributed by atoms with E-state index < -0.39 is 11.8 Å². The summed E-state index contributed by atoms with van der Waals surface area (Å²) in [5.41, 5.74) is 1.14. The highest BCUT2D eigenvalue weighted by Gasteiger charge is 2.26. The highest BCUT2D eigenvalue weighted by Crippen LogP contribution is 2.19. The number of carbonyl (C=O) groups excluding carboxylic acids is 3. The molecule has 5 nitrogen and oxygen atoms in total. The van der Waals surface area contributed by atoms with Crippen molar-refractivity contribution in [2.75, 3.05) is 5.32 Å². The normalized spacial score (nSPS) is 13.4. The number of hydrogen-bond donors (Lipinski definition) is 2. The van der Waals surface area contributed by atoms with Crippen molar-refractivity contribution in [3.05, 3.63) is 29.3 Å².